The van der Waals surface area contributed by atoms with Crippen LogP contribution in [0.2, 0.25) is 0 Å². The molecule has 0 spiro atoms. The van der Waals surface area contributed by atoms with Crippen LogP contribution in [0, 0.1) is 6.92 Å². The maximum atomic E-state index is 13.8. The number of hydrogen-bond donors (Lipinski definition) is 1. The van der Waals surface area contributed by atoms with E-state index in [9.17, 15) is 13.5 Å². The molecule has 0 aliphatic carbocycles. The Labute approximate surface area is 170 Å². The first kappa shape index (κ1) is 18.2. The van der Waals surface area contributed by atoms with Gasteiger partial charge in [-0.2, -0.15) is 0 Å². The second-order valence-electron chi connectivity index (χ2n) is 7.85. The van der Waals surface area contributed by atoms with E-state index in [4.69, 9.17) is 0 Å². The Morgan fingerprint density at radius 1 is 0.931 bits per heavy atom. The predicted molar refractivity (Wildman–Crippen MR) is 114 cm³/mol. The summed E-state index contributed by atoms with van der Waals surface area (Å²) in [5, 5.41) is 11.9. The van der Waals surface area contributed by atoms with Gasteiger partial charge in [0, 0.05) is 24.7 Å². The molecular formula is C23H22N2O3S. The largest absolute Gasteiger partial charge is 0.381 e. The van der Waals surface area contributed by atoms with Crippen molar-refractivity contribution in [1.82, 2.24) is 0 Å². The average Bonchev–Trinajstić information content (AvgIpc) is 2.94. The third-order valence-electron chi connectivity index (χ3n) is 6.03. The molecule has 3 aromatic rings. The fourth-order valence-corrected chi connectivity index (χ4v) is 6.38. The predicted octanol–water partition coefficient (Wildman–Crippen LogP) is 3.41. The molecule has 0 amide bonds. The first-order valence-electron chi connectivity index (χ1n) is 9.58. The molecule has 5 nitrogen and oxygen atoms in total. The Morgan fingerprint density at radius 3 is 2.28 bits per heavy atom. The maximum Gasteiger partial charge on any atom is 0.266 e. The standard InChI is InChI=1S/C23H22N2O3S/c1-16-11-13-18(14-12-16)29(27,28)25-20-9-5-3-7-17(20)15-23(26)19-8-4-6-10-21(19)24(2)22(23)25/h3-14,22,26H,15H2,1-2H3/t22-,23+/m0/s1. The minimum absolute atomic E-state index is 0.214. The van der Waals surface area contributed by atoms with Gasteiger partial charge in [0.25, 0.3) is 10.0 Å². The van der Waals surface area contributed by atoms with E-state index in [1.54, 1.807) is 24.3 Å². The Balaban J connectivity index is 1.77. The van der Waals surface area contributed by atoms with Crippen molar-refractivity contribution in [3.63, 3.8) is 0 Å². The average molecular weight is 407 g/mol. The summed E-state index contributed by atoms with van der Waals surface area (Å²) in [5.74, 6) is 0. The number of fused-ring (bicyclic) bond motifs is 4. The zero-order valence-electron chi connectivity index (χ0n) is 16.3. The lowest BCUT2D eigenvalue weighted by atomic mass is 9.83. The Bertz CT molecular complexity index is 1210. The van der Waals surface area contributed by atoms with Crippen molar-refractivity contribution in [3.05, 3.63) is 89.5 Å². The summed E-state index contributed by atoms with van der Waals surface area (Å²) in [5.41, 5.74) is 2.68. The summed E-state index contributed by atoms with van der Waals surface area (Å²) in [4.78, 5) is 2.09. The number of anilines is 2. The minimum Gasteiger partial charge on any atom is -0.381 e. The summed E-state index contributed by atoms with van der Waals surface area (Å²) in [6, 6.07) is 21.9. The molecule has 0 fully saturated rings. The van der Waals surface area contributed by atoms with Crippen molar-refractivity contribution in [3.8, 4) is 0 Å². The Kier molecular flexibility index (Phi) is 3.82. The van der Waals surface area contributed by atoms with E-state index >= 15 is 0 Å². The molecule has 6 heteroatoms. The number of para-hydroxylation sites is 2. The molecule has 2 heterocycles. The van der Waals surface area contributed by atoms with Crippen molar-refractivity contribution in [2.24, 2.45) is 0 Å². The number of likely N-dealkylation sites (N-methyl/N-ethyl adjacent to an activating group) is 1. The Hall–Kier alpha value is -2.83. The van der Waals surface area contributed by atoms with Crippen molar-refractivity contribution < 1.29 is 13.5 Å². The first-order chi connectivity index (χ1) is 13.8. The van der Waals surface area contributed by atoms with Gasteiger partial charge in [-0.25, -0.2) is 12.7 Å². The lowest BCUT2D eigenvalue weighted by molar-refractivity contribution is 0.0184. The monoisotopic (exact) mass is 406 g/mol. The molecule has 3 aromatic carbocycles. The summed E-state index contributed by atoms with van der Waals surface area (Å²) in [7, 11) is -2.06. The van der Waals surface area contributed by atoms with Crippen LogP contribution in [0.15, 0.2) is 77.7 Å². The molecule has 0 saturated heterocycles. The van der Waals surface area contributed by atoms with Crippen LogP contribution in [0.4, 0.5) is 11.4 Å². The highest BCUT2D eigenvalue weighted by molar-refractivity contribution is 7.92. The first-order valence-corrected chi connectivity index (χ1v) is 11.0. The number of nitrogens with zero attached hydrogens (tertiary/aromatic N) is 2. The smallest absolute Gasteiger partial charge is 0.266 e. The number of hydrogen-bond acceptors (Lipinski definition) is 4. The van der Waals surface area contributed by atoms with Crippen LogP contribution in [0.5, 0.6) is 0 Å². The highest BCUT2D eigenvalue weighted by Crippen LogP contribution is 2.52. The van der Waals surface area contributed by atoms with Gasteiger partial charge in [0.1, 0.15) is 5.60 Å². The molecule has 2 aliphatic heterocycles. The van der Waals surface area contributed by atoms with Crippen LogP contribution >= 0.6 is 0 Å². The SMILES string of the molecule is Cc1ccc(S(=O)(=O)N2c3ccccc3C[C@@]3(O)c4ccccc4N(C)[C@@H]23)cc1. The quantitative estimate of drug-likeness (QED) is 0.709. The third-order valence-corrected chi connectivity index (χ3v) is 7.82. The van der Waals surface area contributed by atoms with Crippen molar-refractivity contribution in [1.29, 1.82) is 0 Å². The van der Waals surface area contributed by atoms with Crippen molar-refractivity contribution in [2.75, 3.05) is 16.3 Å². The molecule has 29 heavy (non-hydrogen) atoms. The van der Waals surface area contributed by atoms with Gasteiger partial charge in [0.15, 0.2) is 6.17 Å². The molecule has 2 aliphatic rings. The minimum atomic E-state index is -3.90. The van der Waals surface area contributed by atoms with Crippen LogP contribution in [-0.4, -0.2) is 26.7 Å². The third kappa shape index (κ3) is 2.46. The van der Waals surface area contributed by atoms with E-state index in [0.717, 1.165) is 22.4 Å². The van der Waals surface area contributed by atoms with Crippen LogP contribution in [0.3, 0.4) is 0 Å². The van der Waals surface area contributed by atoms with Crippen LogP contribution in [-0.2, 0) is 22.0 Å². The van der Waals surface area contributed by atoms with Crippen LogP contribution in [0.25, 0.3) is 0 Å². The van der Waals surface area contributed by atoms with E-state index in [1.165, 1.54) is 4.31 Å². The normalized spacial score (nSPS) is 22.8. The Morgan fingerprint density at radius 2 is 1.55 bits per heavy atom. The lowest BCUT2D eigenvalue weighted by Gasteiger charge is -2.46. The van der Waals surface area contributed by atoms with E-state index in [1.807, 2.05) is 67.4 Å². The van der Waals surface area contributed by atoms with Gasteiger partial charge in [-0.3, -0.25) is 0 Å². The van der Waals surface area contributed by atoms with Gasteiger partial charge in [0.2, 0.25) is 0 Å². The summed E-state index contributed by atoms with van der Waals surface area (Å²) >= 11 is 0. The molecule has 0 saturated carbocycles. The summed E-state index contributed by atoms with van der Waals surface area (Å²) in [6.45, 7) is 1.92. The number of aliphatic hydroxyl groups is 1. The van der Waals surface area contributed by atoms with Crippen LogP contribution < -0.4 is 9.21 Å². The van der Waals surface area contributed by atoms with Crippen molar-refractivity contribution in [2.45, 2.75) is 30.0 Å². The van der Waals surface area contributed by atoms with E-state index in [-0.39, 0.29) is 4.90 Å². The number of benzene rings is 3. The lowest BCUT2D eigenvalue weighted by Crippen LogP contribution is -2.60. The summed E-state index contributed by atoms with van der Waals surface area (Å²) in [6.07, 6.45) is -0.407. The number of rotatable bonds is 2. The van der Waals surface area contributed by atoms with Gasteiger partial charge < -0.3 is 10.0 Å². The molecule has 0 radical (unpaired) electrons. The van der Waals surface area contributed by atoms with Gasteiger partial charge in [0.05, 0.1) is 10.6 Å². The fourth-order valence-electron chi connectivity index (χ4n) is 4.66. The van der Waals surface area contributed by atoms with E-state index in [2.05, 4.69) is 0 Å². The van der Waals surface area contributed by atoms with Gasteiger partial charge in [-0.05, 0) is 36.8 Å². The molecule has 0 unspecified atom stereocenters. The van der Waals surface area contributed by atoms with Crippen LogP contribution in [0.1, 0.15) is 16.7 Å². The maximum absolute atomic E-state index is 13.8. The molecule has 0 aromatic heterocycles. The zero-order chi connectivity index (χ0) is 20.4. The summed E-state index contributed by atoms with van der Waals surface area (Å²) < 4.78 is 29.1. The fraction of sp³-hybridized carbons (Fsp3) is 0.217. The molecule has 0 bridgehead atoms. The highest BCUT2D eigenvalue weighted by atomic mass is 32.2. The molecule has 5 rings (SSSR count). The highest BCUT2D eigenvalue weighted by Gasteiger charge is 2.57. The molecular weight excluding hydrogens is 384 g/mol. The van der Waals surface area contributed by atoms with Gasteiger partial charge in [-0.1, -0.05) is 54.1 Å². The van der Waals surface area contributed by atoms with E-state index < -0.39 is 21.8 Å². The second kappa shape index (κ2) is 6.08. The molecule has 2 atom stereocenters. The molecule has 148 valence electrons. The second-order valence-corrected chi connectivity index (χ2v) is 9.66. The van der Waals surface area contributed by atoms with E-state index in [0.29, 0.717) is 12.1 Å². The van der Waals surface area contributed by atoms with Crippen molar-refractivity contribution >= 4 is 21.4 Å². The molecule has 1 N–H and O–H groups in total. The number of sulfonamides is 1. The van der Waals surface area contributed by atoms with Gasteiger partial charge in [-0.15, -0.1) is 0 Å². The number of aryl methyl sites for hydroxylation is 1. The topological polar surface area (TPSA) is 60.9 Å². The zero-order valence-corrected chi connectivity index (χ0v) is 17.1. The van der Waals surface area contributed by atoms with Gasteiger partial charge >= 0.3 is 0 Å².